The Morgan fingerprint density at radius 3 is 2.07 bits per heavy atom. The molecule has 3 aromatic carbocycles. The fourth-order valence-corrected chi connectivity index (χ4v) is 2.57. The number of non-ortho nitro benzene ring substituents is 1. The molecule has 0 amide bonds. The summed E-state index contributed by atoms with van der Waals surface area (Å²) in [5.41, 5.74) is 8.36. The lowest BCUT2D eigenvalue weighted by molar-refractivity contribution is -0.384. The van der Waals surface area contributed by atoms with E-state index in [-0.39, 0.29) is 11.5 Å². The largest absolute Gasteiger partial charge is 0.330 e. The van der Waals surface area contributed by atoms with Gasteiger partial charge in [0.15, 0.2) is 5.78 Å². The first-order chi connectivity index (χ1) is 13.0. The number of nitrogens with two attached hydrogens (primary N) is 1. The van der Waals surface area contributed by atoms with Crippen LogP contribution in [0.4, 0.5) is 5.69 Å². The van der Waals surface area contributed by atoms with Gasteiger partial charge in [-0.3, -0.25) is 14.9 Å². The van der Waals surface area contributed by atoms with Gasteiger partial charge in [0.2, 0.25) is 0 Å². The molecule has 27 heavy (non-hydrogen) atoms. The van der Waals surface area contributed by atoms with Gasteiger partial charge in [-0.1, -0.05) is 60.7 Å². The molecule has 0 aromatic heterocycles. The van der Waals surface area contributed by atoms with E-state index in [1.807, 2.05) is 24.3 Å². The maximum atomic E-state index is 12.2. The van der Waals surface area contributed by atoms with Gasteiger partial charge in [0.1, 0.15) is 0 Å². The van der Waals surface area contributed by atoms with Crippen molar-refractivity contribution in [3.8, 4) is 0 Å². The number of carbonyl (C=O) groups excluding carboxylic acids is 1. The van der Waals surface area contributed by atoms with Gasteiger partial charge in [-0.05, 0) is 37.1 Å². The van der Waals surface area contributed by atoms with Gasteiger partial charge < -0.3 is 5.73 Å². The van der Waals surface area contributed by atoms with Gasteiger partial charge in [0, 0.05) is 23.3 Å². The van der Waals surface area contributed by atoms with Gasteiger partial charge in [-0.2, -0.15) is 0 Å². The average molecular weight is 362 g/mol. The molecule has 0 bridgehead atoms. The van der Waals surface area contributed by atoms with E-state index in [2.05, 4.69) is 12.1 Å². The maximum Gasteiger partial charge on any atom is 0.269 e. The molecule has 3 rings (SSSR count). The van der Waals surface area contributed by atoms with E-state index in [0.29, 0.717) is 16.7 Å². The SMILES string of the molecule is Cc1cc([N+](=O)[O-])ccc1C(=O)c1ccccc1.NCCc1ccccc1. The molecule has 0 aliphatic carbocycles. The number of carbonyl (C=O) groups is 1. The maximum absolute atomic E-state index is 12.2. The molecule has 0 spiro atoms. The number of hydrogen-bond donors (Lipinski definition) is 1. The first-order valence-electron chi connectivity index (χ1n) is 8.61. The number of aryl methyl sites for hydroxylation is 1. The highest BCUT2D eigenvalue weighted by Crippen LogP contribution is 2.19. The van der Waals surface area contributed by atoms with Crippen molar-refractivity contribution in [3.05, 3.63) is 111 Å². The number of nitrogens with zero attached hydrogens (tertiary/aromatic N) is 1. The molecule has 0 radical (unpaired) electrons. The summed E-state index contributed by atoms with van der Waals surface area (Å²) >= 11 is 0. The summed E-state index contributed by atoms with van der Waals surface area (Å²) in [5.74, 6) is -0.122. The van der Waals surface area contributed by atoms with Crippen LogP contribution in [0.5, 0.6) is 0 Å². The summed E-state index contributed by atoms with van der Waals surface area (Å²) in [7, 11) is 0. The summed E-state index contributed by atoms with van der Waals surface area (Å²) in [6.45, 7) is 2.44. The molecule has 0 fully saturated rings. The molecule has 0 saturated heterocycles. The zero-order valence-corrected chi connectivity index (χ0v) is 15.2. The predicted octanol–water partition coefficient (Wildman–Crippen LogP) is 4.32. The molecular formula is C22H22N2O3. The van der Waals surface area contributed by atoms with Crippen LogP contribution < -0.4 is 5.73 Å². The zero-order chi connectivity index (χ0) is 19.6. The van der Waals surface area contributed by atoms with Gasteiger partial charge in [-0.15, -0.1) is 0 Å². The molecular weight excluding hydrogens is 340 g/mol. The number of hydrogen-bond acceptors (Lipinski definition) is 4. The monoisotopic (exact) mass is 362 g/mol. The summed E-state index contributed by atoms with van der Waals surface area (Å²) < 4.78 is 0. The van der Waals surface area contributed by atoms with Crippen molar-refractivity contribution in [1.29, 1.82) is 0 Å². The van der Waals surface area contributed by atoms with E-state index in [0.717, 1.165) is 13.0 Å². The molecule has 3 aromatic rings. The quantitative estimate of drug-likeness (QED) is 0.416. The topological polar surface area (TPSA) is 86.2 Å². The van der Waals surface area contributed by atoms with Crippen molar-refractivity contribution in [2.24, 2.45) is 5.73 Å². The number of nitro benzene ring substituents is 1. The molecule has 0 aliphatic heterocycles. The Bertz CT molecular complexity index is 894. The van der Waals surface area contributed by atoms with Crippen molar-refractivity contribution in [1.82, 2.24) is 0 Å². The summed E-state index contributed by atoms with van der Waals surface area (Å²) in [5, 5.41) is 10.6. The van der Waals surface area contributed by atoms with Crippen molar-refractivity contribution in [3.63, 3.8) is 0 Å². The minimum Gasteiger partial charge on any atom is -0.330 e. The Kier molecular flexibility index (Phi) is 7.40. The van der Waals surface area contributed by atoms with E-state index in [4.69, 9.17) is 5.73 Å². The minimum absolute atomic E-state index is 0.00267. The van der Waals surface area contributed by atoms with Gasteiger partial charge in [-0.25, -0.2) is 0 Å². The number of ketones is 1. The second kappa shape index (κ2) is 9.99. The molecule has 0 heterocycles. The third kappa shape index (κ3) is 5.87. The Hall–Kier alpha value is -3.31. The van der Waals surface area contributed by atoms with Crippen LogP contribution in [0.25, 0.3) is 0 Å². The van der Waals surface area contributed by atoms with E-state index in [9.17, 15) is 14.9 Å². The highest BCUT2D eigenvalue weighted by molar-refractivity contribution is 6.09. The molecule has 0 saturated carbocycles. The normalized spacial score (nSPS) is 9.85. The molecule has 5 heteroatoms. The Morgan fingerprint density at radius 1 is 0.963 bits per heavy atom. The van der Waals surface area contributed by atoms with E-state index >= 15 is 0 Å². The third-order valence-electron chi connectivity index (χ3n) is 3.98. The van der Waals surface area contributed by atoms with Crippen LogP contribution in [-0.4, -0.2) is 17.3 Å². The number of benzene rings is 3. The lowest BCUT2D eigenvalue weighted by Gasteiger charge is -2.04. The van der Waals surface area contributed by atoms with Crippen molar-refractivity contribution < 1.29 is 9.72 Å². The van der Waals surface area contributed by atoms with E-state index < -0.39 is 4.92 Å². The summed E-state index contributed by atoms with van der Waals surface area (Å²) in [4.78, 5) is 22.3. The standard InChI is InChI=1S/C14H11NO3.C8H11N/c1-10-9-12(15(17)18)7-8-13(10)14(16)11-5-3-2-4-6-11;9-7-6-8-4-2-1-3-5-8/h2-9H,1H3;1-5H,6-7,9H2. The highest BCUT2D eigenvalue weighted by Gasteiger charge is 2.14. The minimum atomic E-state index is -0.468. The van der Waals surface area contributed by atoms with Crippen molar-refractivity contribution in [2.75, 3.05) is 6.54 Å². The Labute approximate surface area is 158 Å². The van der Waals surface area contributed by atoms with Crippen LogP contribution in [0.2, 0.25) is 0 Å². The predicted molar refractivity (Wildman–Crippen MR) is 107 cm³/mol. The van der Waals surface area contributed by atoms with Crippen LogP contribution in [0.1, 0.15) is 27.0 Å². The summed E-state index contributed by atoms with van der Waals surface area (Å²) in [6.07, 6.45) is 0.987. The van der Waals surface area contributed by atoms with Crippen LogP contribution in [0, 0.1) is 17.0 Å². The third-order valence-corrected chi connectivity index (χ3v) is 3.98. The molecule has 5 nitrogen and oxygen atoms in total. The molecule has 0 unspecified atom stereocenters. The van der Waals surface area contributed by atoms with Crippen molar-refractivity contribution in [2.45, 2.75) is 13.3 Å². The molecule has 0 atom stereocenters. The average Bonchev–Trinajstić information content (AvgIpc) is 2.69. The first kappa shape index (κ1) is 20.0. The second-order valence-electron chi connectivity index (χ2n) is 5.98. The first-order valence-corrected chi connectivity index (χ1v) is 8.61. The van der Waals surface area contributed by atoms with Gasteiger partial charge in [0.05, 0.1) is 4.92 Å². The van der Waals surface area contributed by atoms with E-state index in [1.54, 1.807) is 31.2 Å². The number of nitro groups is 1. The van der Waals surface area contributed by atoms with Crippen LogP contribution in [-0.2, 0) is 6.42 Å². The van der Waals surface area contributed by atoms with Crippen LogP contribution >= 0.6 is 0 Å². The Balaban J connectivity index is 0.000000244. The van der Waals surface area contributed by atoms with Gasteiger partial charge in [0.25, 0.3) is 5.69 Å². The fraction of sp³-hybridized carbons (Fsp3) is 0.136. The molecule has 138 valence electrons. The van der Waals surface area contributed by atoms with Crippen molar-refractivity contribution >= 4 is 11.5 Å². The van der Waals surface area contributed by atoms with Crippen LogP contribution in [0.15, 0.2) is 78.9 Å². The lowest BCUT2D eigenvalue weighted by Crippen LogP contribution is -2.04. The summed E-state index contributed by atoms with van der Waals surface area (Å²) in [6, 6.07) is 23.4. The van der Waals surface area contributed by atoms with Gasteiger partial charge >= 0.3 is 0 Å². The highest BCUT2D eigenvalue weighted by atomic mass is 16.6. The number of rotatable bonds is 5. The second-order valence-corrected chi connectivity index (χ2v) is 5.98. The van der Waals surface area contributed by atoms with E-state index in [1.165, 1.54) is 23.8 Å². The smallest absolute Gasteiger partial charge is 0.269 e. The lowest BCUT2D eigenvalue weighted by atomic mass is 9.99. The molecule has 2 N–H and O–H groups in total. The fourth-order valence-electron chi connectivity index (χ4n) is 2.57. The Morgan fingerprint density at radius 2 is 1.56 bits per heavy atom. The van der Waals surface area contributed by atoms with Crippen LogP contribution in [0.3, 0.4) is 0 Å². The zero-order valence-electron chi connectivity index (χ0n) is 15.2. The molecule has 0 aliphatic rings.